The van der Waals surface area contributed by atoms with Gasteiger partial charge in [-0.3, -0.25) is 10.1 Å². The quantitative estimate of drug-likeness (QED) is 0.561. The van der Waals surface area contributed by atoms with Gasteiger partial charge in [0.15, 0.2) is 10.8 Å². The van der Waals surface area contributed by atoms with Crippen molar-refractivity contribution in [2.75, 3.05) is 5.32 Å². The number of hydrogen-bond donors (Lipinski definition) is 3. The van der Waals surface area contributed by atoms with Crippen molar-refractivity contribution in [2.24, 2.45) is 0 Å². The summed E-state index contributed by atoms with van der Waals surface area (Å²) in [6.45, 7) is 1.70. The van der Waals surface area contributed by atoms with Crippen LogP contribution in [0.15, 0.2) is 52.2 Å². The predicted octanol–water partition coefficient (Wildman–Crippen LogP) is 3.55. The number of aromatic nitrogens is 3. The highest BCUT2D eigenvalue weighted by Crippen LogP contribution is 2.24. The van der Waals surface area contributed by atoms with Crippen molar-refractivity contribution in [3.63, 3.8) is 0 Å². The number of anilines is 1. The summed E-state index contributed by atoms with van der Waals surface area (Å²) in [6.07, 6.45) is 1.65. The summed E-state index contributed by atoms with van der Waals surface area (Å²) in [5.41, 5.74) is 1.95. The SMILES string of the molecule is CC(Sc1nc2ncc(Br)cc2[nH]1)C(=O)NC(=O)Nc1ccccc1. The molecule has 128 valence electrons. The fourth-order valence-electron chi connectivity index (χ4n) is 2.03. The van der Waals surface area contributed by atoms with Gasteiger partial charge in [0.25, 0.3) is 0 Å². The lowest BCUT2D eigenvalue weighted by Crippen LogP contribution is -2.38. The Bertz CT molecular complexity index is 915. The maximum atomic E-state index is 12.2. The molecule has 0 radical (unpaired) electrons. The molecule has 1 unspecified atom stereocenters. The Morgan fingerprint density at radius 3 is 2.80 bits per heavy atom. The summed E-state index contributed by atoms with van der Waals surface area (Å²) in [5.74, 6) is -0.409. The van der Waals surface area contributed by atoms with Gasteiger partial charge in [0.1, 0.15) is 0 Å². The molecule has 1 atom stereocenters. The van der Waals surface area contributed by atoms with Crippen molar-refractivity contribution in [3.05, 3.63) is 47.1 Å². The average molecular weight is 420 g/mol. The highest BCUT2D eigenvalue weighted by atomic mass is 79.9. The molecule has 0 aliphatic rings. The van der Waals surface area contributed by atoms with E-state index in [4.69, 9.17) is 0 Å². The van der Waals surface area contributed by atoms with Gasteiger partial charge in [0.05, 0.1) is 10.8 Å². The number of halogens is 1. The first-order valence-corrected chi connectivity index (χ1v) is 9.03. The van der Waals surface area contributed by atoms with E-state index in [1.165, 1.54) is 11.8 Å². The molecule has 0 aliphatic carbocycles. The summed E-state index contributed by atoms with van der Waals surface area (Å²) < 4.78 is 0.837. The summed E-state index contributed by atoms with van der Waals surface area (Å²) >= 11 is 4.56. The Hall–Kier alpha value is -2.39. The molecule has 3 aromatic rings. The molecule has 0 fully saturated rings. The van der Waals surface area contributed by atoms with Gasteiger partial charge in [-0.2, -0.15) is 0 Å². The van der Waals surface area contributed by atoms with Crippen molar-refractivity contribution < 1.29 is 9.59 Å². The second-order valence-corrected chi connectivity index (χ2v) is 7.38. The van der Waals surface area contributed by atoms with Crippen LogP contribution in [0.4, 0.5) is 10.5 Å². The molecular formula is C16H14BrN5O2S. The maximum Gasteiger partial charge on any atom is 0.325 e. The minimum Gasteiger partial charge on any atom is -0.331 e. The first kappa shape index (κ1) is 17.4. The van der Waals surface area contributed by atoms with Crippen LogP contribution in [0.25, 0.3) is 11.2 Å². The zero-order valence-corrected chi connectivity index (χ0v) is 15.5. The zero-order chi connectivity index (χ0) is 17.8. The van der Waals surface area contributed by atoms with Gasteiger partial charge in [-0.25, -0.2) is 14.8 Å². The second kappa shape index (κ2) is 7.66. The maximum absolute atomic E-state index is 12.2. The number of benzene rings is 1. The molecule has 7 nitrogen and oxygen atoms in total. The standard InChI is InChI=1S/C16H14BrN5O2S/c1-9(14(23)22-15(24)19-11-5-3-2-4-6-11)25-16-20-12-7-10(17)8-18-13(12)21-16/h2-9H,1H3,(H,18,20,21)(H2,19,22,23,24). The van der Waals surface area contributed by atoms with Crippen molar-refractivity contribution in [3.8, 4) is 0 Å². The van der Waals surface area contributed by atoms with Crippen molar-refractivity contribution >= 4 is 56.5 Å². The number of thioether (sulfide) groups is 1. The normalized spacial score (nSPS) is 11.9. The molecule has 0 saturated carbocycles. The number of aromatic amines is 1. The molecular weight excluding hydrogens is 406 g/mol. The number of imide groups is 1. The van der Waals surface area contributed by atoms with E-state index in [0.29, 0.717) is 16.5 Å². The number of carbonyl (C=O) groups excluding carboxylic acids is 2. The van der Waals surface area contributed by atoms with Crippen LogP contribution in [0.2, 0.25) is 0 Å². The van der Waals surface area contributed by atoms with Crippen LogP contribution < -0.4 is 10.6 Å². The number of rotatable bonds is 4. The minimum absolute atomic E-state index is 0.409. The number of carbonyl (C=O) groups is 2. The number of nitrogens with one attached hydrogen (secondary N) is 3. The van der Waals surface area contributed by atoms with Crippen LogP contribution in [-0.2, 0) is 4.79 Å². The van der Waals surface area contributed by atoms with E-state index in [1.807, 2.05) is 12.1 Å². The van der Waals surface area contributed by atoms with E-state index < -0.39 is 17.2 Å². The first-order valence-electron chi connectivity index (χ1n) is 7.36. The van der Waals surface area contributed by atoms with E-state index in [0.717, 1.165) is 9.99 Å². The summed E-state index contributed by atoms with van der Waals surface area (Å²) in [4.78, 5) is 35.6. The Labute approximate surface area is 156 Å². The van der Waals surface area contributed by atoms with Crippen LogP contribution in [0.5, 0.6) is 0 Å². The number of imidazole rings is 1. The van der Waals surface area contributed by atoms with E-state index in [9.17, 15) is 9.59 Å². The molecule has 1 aromatic carbocycles. The van der Waals surface area contributed by atoms with Gasteiger partial charge >= 0.3 is 6.03 Å². The highest BCUT2D eigenvalue weighted by Gasteiger charge is 2.19. The smallest absolute Gasteiger partial charge is 0.325 e. The number of fused-ring (bicyclic) bond motifs is 1. The number of amides is 3. The third kappa shape index (κ3) is 4.58. The van der Waals surface area contributed by atoms with Gasteiger partial charge < -0.3 is 10.3 Å². The van der Waals surface area contributed by atoms with Crippen LogP contribution in [0.1, 0.15) is 6.92 Å². The van der Waals surface area contributed by atoms with Crippen LogP contribution in [0, 0.1) is 0 Å². The molecule has 25 heavy (non-hydrogen) atoms. The van der Waals surface area contributed by atoms with Crippen LogP contribution in [-0.4, -0.2) is 32.1 Å². The lowest BCUT2D eigenvalue weighted by Gasteiger charge is -2.10. The Morgan fingerprint density at radius 2 is 2.04 bits per heavy atom. The van der Waals surface area contributed by atoms with Gasteiger partial charge in [-0.1, -0.05) is 30.0 Å². The molecule has 0 bridgehead atoms. The summed E-state index contributed by atoms with van der Waals surface area (Å²) in [6, 6.07) is 10.2. The lowest BCUT2D eigenvalue weighted by molar-refractivity contribution is -0.119. The molecule has 3 N–H and O–H groups in total. The van der Waals surface area contributed by atoms with Crippen molar-refractivity contribution in [1.29, 1.82) is 0 Å². The van der Waals surface area contributed by atoms with Crippen molar-refractivity contribution in [2.45, 2.75) is 17.3 Å². The second-order valence-electron chi connectivity index (χ2n) is 5.14. The Morgan fingerprint density at radius 1 is 1.28 bits per heavy atom. The monoisotopic (exact) mass is 419 g/mol. The molecule has 0 aliphatic heterocycles. The fourth-order valence-corrected chi connectivity index (χ4v) is 3.17. The van der Waals surface area contributed by atoms with Gasteiger partial charge in [-0.15, -0.1) is 0 Å². The number of nitrogens with zero attached hydrogens (tertiary/aromatic N) is 2. The topological polar surface area (TPSA) is 99.8 Å². The number of para-hydroxylation sites is 1. The predicted molar refractivity (Wildman–Crippen MR) is 101 cm³/mol. The van der Waals surface area contributed by atoms with E-state index in [2.05, 4.69) is 41.5 Å². The van der Waals surface area contributed by atoms with E-state index in [-0.39, 0.29) is 0 Å². The Balaban J connectivity index is 1.58. The van der Waals surface area contributed by atoms with Gasteiger partial charge in [0.2, 0.25) is 5.91 Å². The van der Waals surface area contributed by atoms with Crippen LogP contribution >= 0.6 is 27.7 Å². The van der Waals surface area contributed by atoms with Gasteiger partial charge in [0, 0.05) is 16.4 Å². The molecule has 9 heteroatoms. The average Bonchev–Trinajstić information content (AvgIpc) is 2.96. The number of urea groups is 1. The summed E-state index contributed by atoms with van der Waals surface area (Å²) in [5, 5.41) is 4.97. The minimum atomic E-state index is -0.571. The van der Waals surface area contributed by atoms with Crippen LogP contribution in [0.3, 0.4) is 0 Å². The molecule has 0 spiro atoms. The summed E-state index contributed by atoms with van der Waals surface area (Å²) in [7, 11) is 0. The molecule has 3 rings (SSSR count). The molecule has 3 amide bonds. The molecule has 2 aromatic heterocycles. The van der Waals surface area contributed by atoms with E-state index in [1.54, 1.807) is 37.4 Å². The third-order valence-corrected chi connectivity index (χ3v) is 4.63. The van der Waals surface area contributed by atoms with E-state index >= 15 is 0 Å². The number of H-pyrrole nitrogens is 1. The highest BCUT2D eigenvalue weighted by molar-refractivity contribution is 9.10. The molecule has 2 heterocycles. The molecule has 0 saturated heterocycles. The zero-order valence-electron chi connectivity index (χ0n) is 13.1. The number of pyridine rings is 1. The Kier molecular flexibility index (Phi) is 5.34. The lowest BCUT2D eigenvalue weighted by atomic mass is 10.3. The fraction of sp³-hybridized carbons (Fsp3) is 0.125. The van der Waals surface area contributed by atoms with Gasteiger partial charge in [-0.05, 0) is 41.1 Å². The third-order valence-electron chi connectivity index (χ3n) is 3.21. The largest absolute Gasteiger partial charge is 0.331 e. The number of hydrogen-bond acceptors (Lipinski definition) is 5. The first-order chi connectivity index (χ1) is 12.0. The van der Waals surface area contributed by atoms with Crippen molar-refractivity contribution in [1.82, 2.24) is 20.3 Å².